The van der Waals surface area contributed by atoms with Gasteiger partial charge in [0.05, 0.1) is 0 Å². The van der Waals surface area contributed by atoms with Gasteiger partial charge in [-0.15, -0.1) is 0 Å². The van der Waals surface area contributed by atoms with Crippen LogP contribution >= 0.6 is 23.2 Å². The third kappa shape index (κ3) is 3.63. The molecule has 0 fully saturated rings. The Hall–Kier alpha value is -0.280. The lowest BCUT2D eigenvalue weighted by atomic mass is 9.95. The molecule has 16 heavy (non-hydrogen) atoms. The molecule has 0 aliphatic rings. The maximum atomic E-state index is 10.3. The van der Waals surface area contributed by atoms with Gasteiger partial charge < -0.3 is 10.4 Å². The monoisotopic (exact) mass is 261 g/mol. The van der Waals surface area contributed by atoms with Crippen LogP contribution in [0.3, 0.4) is 0 Å². The second-order valence-electron chi connectivity index (χ2n) is 4.43. The second-order valence-corrected chi connectivity index (χ2v) is 5.28. The quantitative estimate of drug-likeness (QED) is 0.873. The van der Waals surface area contributed by atoms with Crippen molar-refractivity contribution in [3.8, 4) is 0 Å². The summed E-state index contributed by atoms with van der Waals surface area (Å²) in [5, 5.41) is 14.6. The summed E-state index contributed by atoms with van der Waals surface area (Å²) in [5.41, 5.74) is -0.374. The fourth-order valence-corrected chi connectivity index (χ4v) is 1.90. The van der Waals surface area contributed by atoms with Crippen LogP contribution in [0.1, 0.15) is 26.3 Å². The van der Waals surface area contributed by atoms with E-state index in [1.807, 2.05) is 13.8 Å². The Morgan fingerprint density at radius 1 is 1.38 bits per heavy atom. The third-order valence-corrected chi connectivity index (χ3v) is 2.93. The second kappa shape index (κ2) is 5.37. The zero-order valence-corrected chi connectivity index (χ0v) is 11.2. The van der Waals surface area contributed by atoms with Gasteiger partial charge >= 0.3 is 0 Å². The summed E-state index contributed by atoms with van der Waals surface area (Å²) in [4.78, 5) is 0. The Morgan fingerprint density at radius 3 is 2.56 bits per heavy atom. The largest absolute Gasteiger partial charge is 0.384 e. The van der Waals surface area contributed by atoms with E-state index in [2.05, 4.69) is 5.32 Å². The number of hydrogen-bond acceptors (Lipinski definition) is 2. The van der Waals surface area contributed by atoms with Gasteiger partial charge in [0.1, 0.15) is 5.60 Å². The van der Waals surface area contributed by atoms with E-state index in [1.165, 1.54) is 0 Å². The average molecular weight is 262 g/mol. The first-order chi connectivity index (χ1) is 7.33. The van der Waals surface area contributed by atoms with Gasteiger partial charge in [-0.3, -0.25) is 0 Å². The van der Waals surface area contributed by atoms with Crippen molar-refractivity contribution >= 4 is 23.2 Å². The molecular weight excluding hydrogens is 245 g/mol. The van der Waals surface area contributed by atoms with E-state index in [-0.39, 0.29) is 0 Å². The van der Waals surface area contributed by atoms with Crippen LogP contribution in [0, 0.1) is 0 Å². The van der Waals surface area contributed by atoms with Gasteiger partial charge in [0.15, 0.2) is 0 Å². The average Bonchev–Trinajstić information content (AvgIpc) is 2.19. The highest BCUT2D eigenvalue weighted by molar-refractivity contribution is 6.33. The minimum atomic E-state index is -1.02. The Balaban J connectivity index is 2.92. The minimum Gasteiger partial charge on any atom is -0.384 e. The summed E-state index contributed by atoms with van der Waals surface area (Å²) < 4.78 is 0. The van der Waals surface area contributed by atoms with E-state index >= 15 is 0 Å². The highest BCUT2D eigenvalue weighted by Gasteiger charge is 2.25. The summed E-state index contributed by atoms with van der Waals surface area (Å²) in [6.07, 6.45) is 0. The molecule has 0 aromatic heterocycles. The van der Waals surface area contributed by atoms with Crippen molar-refractivity contribution in [1.29, 1.82) is 0 Å². The Bertz CT molecular complexity index is 364. The maximum absolute atomic E-state index is 10.3. The zero-order chi connectivity index (χ0) is 12.3. The zero-order valence-electron chi connectivity index (χ0n) is 9.72. The first-order valence-electron chi connectivity index (χ1n) is 5.24. The number of nitrogens with one attached hydrogen (secondary N) is 1. The number of halogens is 2. The van der Waals surface area contributed by atoms with Gasteiger partial charge in [-0.2, -0.15) is 0 Å². The maximum Gasteiger partial charge on any atom is 0.101 e. The summed E-state index contributed by atoms with van der Waals surface area (Å²) >= 11 is 11.9. The van der Waals surface area contributed by atoms with E-state index in [4.69, 9.17) is 23.2 Å². The number of benzene rings is 1. The smallest absolute Gasteiger partial charge is 0.101 e. The lowest BCUT2D eigenvalue weighted by molar-refractivity contribution is 0.0550. The van der Waals surface area contributed by atoms with Gasteiger partial charge in [-0.05, 0) is 25.1 Å². The Kier molecular flexibility index (Phi) is 4.62. The number of rotatable bonds is 4. The van der Waals surface area contributed by atoms with Crippen molar-refractivity contribution in [3.63, 3.8) is 0 Å². The van der Waals surface area contributed by atoms with Crippen LogP contribution < -0.4 is 5.32 Å². The molecule has 0 aliphatic carbocycles. The van der Waals surface area contributed by atoms with E-state index in [1.54, 1.807) is 25.1 Å². The van der Waals surface area contributed by atoms with Crippen molar-refractivity contribution < 1.29 is 5.11 Å². The third-order valence-electron chi connectivity index (χ3n) is 2.36. The van der Waals surface area contributed by atoms with Gasteiger partial charge in [0, 0.05) is 28.2 Å². The molecule has 0 spiro atoms. The molecule has 2 N–H and O–H groups in total. The molecular formula is C12H17Cl2NO. The highest BCUT2D eigenvalue weighted by Crippen LogP contribution is 2.30. The number of aliphatic hydroxyl groups is 1. The van der Waals surface area contributed by atoms with Crippen molar-refractivity contribution in [2.75, 3.05) is 6.54 Å². The van der Waals surface area contributed by atoms with Crippen LogP contribution in [0.4, 0.5) is 0 Å². The van der Waals surface area contributed by atoms with Crippen molar-refractivity contribution in [3.05, 3.63) is 33.8 Å². The molecule has 1 rings (SSSR count). The fourth-order valence-electron chi connectivity index (χ4n) is 1.41. The lowest BCUT2D eigenvalue weighted by Crippen LogP contribution is -2.38. The lowest BCUT2D eigenvalue weighted by Gasteiger charge is -2.26. The molecule has 0 saturated heterocycles. The molecule has 1 aromatic carbocycles. The predicted molar refractivity (Wildman–Crippen MR) is 69.2 cm³/mol. The molecule has 90 valence electrons. The highest BCUT2D eigenvalue weighted by atomic mass is 35.5. The predicted octanol–water partition coefficient (Wildman–Crippen LogP) is 3.20. The molecule has 0 radical (unpaired) electrons. The van der Waals surface area contributed by atoms with Crippen LogP contribution in [0.25, 0.3) is 0 Å². The normalized spacial score (nSPS) is 15.2. The summed E-state index contributed by atoms with van der Waals surface area (Å²) in [6, 6.07) is 5.42. The van der Waals surface area contributed by atoms with Gasteiger partial charge in [-0.1, -0.05) is 37.0 Å². The van der Waals surface area contributed by atoms with E-state index < -0.39 is 5.60 Å². The van der Waals surface area contributed by atoms with Crippen molar-refractivity contribution in [2.24, 2.45) is 0 Å². The topological polar surface area (TPSA) is 32.3 Å². The number of hydrogen-bond donors (Lipinski definition) is 2. The molecule has 0 aliphatic heterocycles. The summed E-state index contributed by atoms with van der Waals surface area (Å²) in [7, 11) is 0. The summed E-state index contributed by atoms with van der Waals surface area (Å²) in [5.74, 6) is 0. The molecule has 1 aromatic rings. The molecule has 0 saturated carbocycles. The molecule has 0 bridgehead atoms. The van der Waals surface area contributed by atoms with E-state index in [9.17, 15) is 5.11 Å². The Morgan fingerprint density at radius 2 is 2.00 bits per heavy atom. The SMILES string of the molecule is CC(C)NCC(C)(O)c1cc(Cl)ccc1Cl. The van der Waals surface area contributed by atoms with Gasteiger partial charge in [-0.25, -0.2) is 0 Å². The molecule has 0 heterocycles. The molecule has 2 nitrogen and oxygen atoms in total. The standard InChI is InChI=1S/C12H17Cl2NO/c1-8(2)15-7-12(3,16)10-6-9(13)4-5-11(10)14/h4-6,8,15-16H,7H2,1-3H3. The fraction of sp³-hybridized carbons (Fsp3) is 0.500. The molecule has 1 atom stereocenters. The van der Waals surface area contributed by atoms with Crippen molar-refractivity contribution in [2.45, 2.75) is 32.4 Å². The van der Waals surface area contributed by atoms with Gasteiger partial charge in [0.25, 0.3) is 0 Å². The molecule has 0 amide bonds. The first kappa shape index (κ1) is 13.8. The van der Waals surface area contributed by atoms with Crippen LogP contribution in [0.2, 0.25) is 10.0 Å². The van der Waals surface area contributed by atoms with Gasteiger partial charge in [0.2, 0.25) is 0 Å². The minimum absolute atomic E-state index is 0.310. The first-order valence-corrected chi connectivity index (χ1v) is 6.00. The van der Waals surface area contributed by atoms with E-state index in [0.717, 1.165) is 0 Å². The Labute approximate surface area is 107 Å². The van der Waals surface area contributed by atoms with Crippen molar-refractivity contribution in [1.82, 2.24) is 5.32 Å². The van der Waals surface area contributed by atoms with E-state index in [0.29, 0.717) is 28.2 Å². The van der Waals surface area contributed by atoms with Crippen LogP contribution in [-0.4, -0.2) is 17.7 Å². The van der Waals surface area contributed by atoms with Crippen LogP contribution in [0.15, 0.2) is 18.2 Å². The summed E-state index contributed by atoms with van der Waals surface area (Å²) in [6.45, 7) is 6.20. The molecule has 4 heteroatoms. The van der Waals surface area contributed by atoms with Crippen LogP contribution in [0.5, 0.6) is 0 Å². The molecule has 1 unspecified atom stereocenters. The van der Waals surface area contributed by atoms with Crippen LogP contribution in [-0.2, 0) is 5.60 Å².